The van der Waals surface area contributed by atoms with Crippen LogP contribution in [0.2, 0.25) is 5.02 Å². The van der Waals surface area contributed by atoms with E-state index in [9.17, 15) is 4.79 Å². The molecule has 1 heterocycles. The predicted octanol–water partition coefficient (Wildman–Crippen LogP) is 4.01. The average Bonchev–Trinajstić information content (AvgIpc) is 2.58. The second-order valence-electron chi connectivity index (χ2n) is 5.93. The fourth-order valence-electron chi connectivity index (χ4n) is 3.02. The quantitative estimate of drug-likeness (QED) is 0.691. The van der Waals surface area contributed by atoms with Crippen LogP contribution in [-0.2, 0) is 4.79 Å². The Bertz CT molecular complexity index is 482. The zero-order valence-corrected chi connectivity index (χ0v) is 15.7. The summed E-state index contributed by atoms with van der Waals surface area (Å²) in [6, 6.07) is 8.02. The van der Waals surface area contributed by atoms with Crippen molar-refractivity contribution in [3.05, 3.63) is 29.3 Å². The van der Waals surface area contributed by atoms with Gasteiger partial charge in [-0.1, -0.05) is 11.6 Å². The van der Waals surface area contributed by atoms with Crippen molar-refractivity contribution >= 4 is 29.3 Å². The minimum Gasteiger partial charge on any atom is -0.343 e. The summed E-state index contributed by atoms with van der Waals surface area (Å²) in [5.74, 6) is 1.66. The SMILES string of the molecule is CCN(CC)C(=O)C1CCN(CCSc2ccc(Cl)cc2)CC1. The lowest BCUT2D eigenvalue weighted by atomic mass is 9.95. The minimum atomic E-state index is 0.232. The van der Waals surface area contributed by atoms with E-state index in [0.29, 0.717) is 5.91 Å². The van der Waals surface area contributed by atoms with Crippen molar-refractivity contribution in [2.24, 2.45) is 5.92 Å². The molecule has 1 fully saturated rings. The van der Waals surface area contributed by atoms with E-state index < -0.39 is 0 Å². The van der Waals surface area contributed by atoms with Crippen LogP contribution < -0.4 is 0 Å². The molecule has 5 heteroatoms. The molecule has 0 spiro atoms. The zero-order valence-electron chi connectivity index (χ0n) is 14.1. The lowest BCUT2D eigenvalue weighted by Crippen LogP contribution is -2.43. The standard InChI is InChI=1S/C18H27ClN2OS/c1-3-21(4-2)18(22)15-9-11-20(12-10-15)13-14-23-17-7-5-16(19)6-8-17/h5-8,15H,3-4,9-14H2,1-2H3. The van der Waals surface area contributed by atoms with Crippen LogP contribution in [0.1, 0.15) is 26.7 Å². The summed E-state index contributed by atoms with van der Waals surface area (Å²) in [7, 11) is 0. The number of carbonyl (C=O) groups is 1. The molecule has 1 saturated heterocycles. The molecular weight excluding hydrogens is 328 g/mol. The van der Waals surface area contributed by atoms with Crippen molar-refractivity contribution in [2.45, 2.75) is 31.6 Å². The molecule has 0 unspecified atom stereocenters. The number of hydrogen-bond donors (Lipinski definition) is 0. The molecule has 1 aliphatic rings. The largest absolute Gasteiger partial charge is 0.343 e. The Morgan fingerprint density at radius 2 is 1.83 bits per heavy atom. The molecule has 2 rings (SSSR count). The highest BCUT2D eigenvalue weighted by Crippen LogP contribution is 2.23. The van der Waals surface area contributed by atoms with Gasteiger partial charge >= 0.3 is 0 Å². The molecule has 3 nitrogen and oxygen atoms in total. The molecule has 0 N–H and O–H groups in total. The Kier molecular flexibility index (Phi) is 7.74. The van der Waals surface area contributed by atoms with E-state index >= 15 is 0 Å². The third kappa shape index (κ3) is 5.70. The number of benzene rings is 1. The van der Waals surface area contributed by atoms with Crippen molar-refractivity contribution in [3.8, 4) is 0 Å². The van der Waals surface area contributed by atoms with Crippen LogP contribution in [0, 0.1) is 5.92 Å². The molecule has 0 atom stereocenters. The van der Waals surface area contributed by atoms with Crippen molar-refractivity contribution in [1.82, 2.24) is 9.80 Å². The summed E-state index contributed by atoms with van der Waals surface area (Å²) in [6.07, 6.45) is 2.00. The van der Waals surface area contributed by atoms with Crippen LogP contribution in [0.25, 0.3) is 0 Å². The zero-order chi connectivity index (χ0) is 16.7. The molecule has 0 saturated carbocycles. The molecule has 1 aromatic carbocycles. The maximum absolute atomic E-state index is 12.4. The number of hydrogen-bond acceptors (Lipinski definition) is 3. The number of carbonyl (C=O) groups excluding carboxylic acids is 1. The Labute approximate surface area is 149 Å². The Morgan fingerprint density at radius 3 is 2.39 bits per heavy atom. The minimum absolute atomic E-state index is 0.232. The van der Waals surface area contributed by atoms with Gasteiger partial charge in [0, 0.05) is 41.2 Å². The van der Waals surface area contributed by atoms with Crippen molar-refractivity contribution in [1.29, 1.82) is 0 Å². The lowest BCUT2D eigenvalue weighted by Gasteiger charge is -2.33. The first-order valence-corrected chi connectivity index (χ1v) is 9.89. The molecular formula is C18H27ClN2OS. The van der Waals surface area contributed by atoms with E-state index in [1.165, 1.54) is 4.90 Å². The van der Waals surface area contributed by atoms with Gasteiger partial charge in [0.1, 0.15) is 0 Å². The lowest BCUT2D eigenvalue weighted by molar-refractivity contribution is -0.136. The fraction of sp³-hybridized carbons (Fsp3) is 0.611. The Hall–Kier alpha value is -0.710. The van der Waals surface area contributed by atoms with Gasteiger partial charge in [0.25, 0.3) is 0 Å². The fourth-order valence-corrected chi connectivity index (χ4v) is 4.06. The number of rotatable bonds is 7. The first kappa shape index (κ1) is 18.6. The van der Waals surface area contributed by atoms with E-state index in [-0.39, 0.29) is 5.92 Å². The highest BCUT2D eigenvalue weighted by Gasteiger charge is 2.27. The average molecular weight is 355 g/mol. The highest BCUT2D eigenvalue weighted by atomic mass is 35.5. The first-order chi connectivity index (χ1) is 11.1. The Balaban J connectivity index is 1.68. The summed E-state index contributed by atoms with van der Waals surface area (Å²) in [5, 5.41) is 0.786. The van der Waals surface area contributed by atoms with Gasteiger partial charge in [-0.3, -0.25) is 4.79 Å². The number of piperidine rings is 1. The molecule has 0 aliphatic carbocycles. The van der Waals surface area contributed by atoms with Crippen LogP contribution in [0.4, 0.5) is 0 Å². The molecule has 0 radical (unpaired) electrons. The Morgan fingerprint density at radius 1 is 1.22 bits per heavy atom. The van der Waals surface area contributed by atoms with E-state index in [1.807, 2.05) is 28.8 Å². The highest BCUT2D eigenvalue weighted by molar-refractivity contribution is 7.99. The van der Waals surface area contributed by atoms with Crippen molar-refractivity contribution in [3.63, 3.8) is 0 Å². The third-order valence-electron chi connectivity index (χ3n) is 4.50. The topological polar surface area (TPSA) is 23.6 Å². The van der Waals surface area contributed by atoms with Gasteiger partial charge in [-0.2, -0.15) is 0 Å². The number of nitrogens with zero attached hydrogens (tertiary/aromatic N) is 2. The van der Waals surface area contributed by atoms with Crippen LogP contribution in [-0.4, -0.2) is 54.2 Å². The van der Waals surface area contributed by atoms with Crippen molar-refractivity contribution < 1.29 is 4.79 Å². The van der Waals surface area contributed by atoms with Gasteiger partial charge in [0.05, 0.1) is 0 Å². The summed E-state index contributed by atoms with van der Waals surface area (Å²) in [6.45, 7) is 8.94. The second-order valence-corrected chi connectivity index (χ2v) is 7.53. The smallest absolute Gasteiger partial charge is 0.225 e. The second kappa shape index (κ2) is 9.55. The van der Waals surface area contributed by atoms with E-state index in [1.54, 1.807) is 0 Å². The summed E-state index contributed by atoms with van der Waals surface area (Å²) < 4.78 is 0. The summed E-state index contributed by atoms with van der Waals surface area (Å²) in [4.78, 5) is 18.1. The first-order valence-electron chi connectivity index (χ1n) is 8.53. The molecule has 1 aliphatic heterocycles. The van der Waals surface area contributed by atoms with Crippen LogP contribution in [0.3, 0.4) is 0 Å². The van der Waals surface area contributed by atoms with Gasteiger partial charge in [0.2, 0.25) is 5.91 Å². The van der Waals surface area contributed by atoms with E-state index in [2.05, 4.69) is 30.9 Å². The number of likely N-dealkylation sites (tertiary alicyclic amines) is 1. The normalized spacial score (nSPS) is 16.5. The van der Waals surface area contributed by atoms with Gasteiger partial charge in [0.15, 0.2) is 0 Å². The third-order valence-corrected chi connectivity index (χ3v) is 5.75. The number of halogens is 1. The monoisotopic (exact) mass is 354 g/mol. The maximum Gasteiger partial charge on any atom is 0.225 e. The number of thioether (sulfide) groups is 1. The molecule has 23 heavy (non-hydrogen) atoms. The molecule has 1 amide bonds. The van der Waals surface area contributed by atoms with Gasteiger partial charge in [-0.05, 0) is 64.0 Å². The summed E-state index contributed by atoms with van der Waals surface area (Å²) >= 11 is 7.77. The van der Waals surface area contributed by atoms with Crippen molar-refractivity contribution in [2.75, 3.05) is 38.5 Å². The van der Waals surface area contributed by atoms with Crippen LogP contribution in [0.5, 0.6) is 0 Å². The van der Waals surface area contributed by atoms with Crippen LogP contribution >= 0.6 is 23.4 Å². The molecule has 0 aromatic heterocycles. The molecule has 128 valence electrons. The molecule has 0 bridgehead atoms. The molecule has 1 aromatic rings. The van der Waals surface area contributed by atoms with Gasteiger partial charge in [-0.15, -0.1) is 11.8 Å². The number of amides is 1. The van der Waals surface area contributed by atoms with E-state index in [4.69, 9.17) is 11.6 Å². The maximum atomic E-state index is 12.4. The van der Waals surface area contributed by atoms with Gasteiger partial charge < -0.3 is 9.80 Å². The van der Waals surface area contributed by atoms with Crippen LogP contribution in [0.15, 0.2) is 29.2 Å². The van der Waals surface area contributed by atoms with Gasteiger partial charge in [-0.25, -0.2) is 0 Å². The van der Waals surface area contributed by atoms with E-state index in [0.717, 1.165) is 56.3 Å². The summed E-state index contributed by atoms with van der Waals surface area (Å²) in [5.41, 5.74) is 0. The predicted molar refractivity (Wildman–Crippen MR) is 99.3 cm³/mol.